The third-order valence-electron chi connectivity index (χ3n) is 11.0. The first kappa shape index (κ1) is 42.9. The third kappa shape index (κ3) is 10.4. The van der Waals surface area contributed by atoms with Crippen LogP contribution >= 0.6 is 23.4 Å². The zero-order valence-corrected chi connectivity index (χ0v) is 36.1. The van der Waals surface area contributed by atoms with Crippen LogP contribution in [-0.4, -0.2) is 86.4 Å². The van der Waals surface area contributed by atoms with Crippen molar-refractivity contribution >= 4 is 67.2 Å². The Kier molecular flexibility index (Phi) is 13.6. The zero-order chi connectivity index (χ0) is 42.3. The number of nitrogens with zero attached hydrogens (tertiary/aromatic N) is 5. The number of hydrogen-bond acceptors (Lipinski definition) is 11. The summed E-state index contributed by atoms with van der Waals surface area (Å²) in [5.74, 6) is 0.737. The normalized spacial score (nSPS) is 14.6. The monoisotopic (exact) mass is 865 g/mol. The molecular formula is C45H48ClN7O5S2. The second-order valence-electron chi connectivity index (χ2n) is 15.2. The number of nitro benzene ring substituents is 1. The van der Waals surface area contributed by atoms with E-state index in [0.717, 1.165) is 73.1 Å². The van der Waals surface area contributed by atoms with Crippen LogP contribution in [0.25, 0.3) is 22.0 Å². The van der Waals surface area contributed by atoms with E-state index in [2.05, 4.69) is 48.0 Å². The topological polar surface area (TPSA) is 143 Å². The number of hydrogen-bond donors (Lipinski definition) is 2. The summed E-state index contributed by atoms with van der Waals surface area (Å²) in [6, 6.07) is 35.7. The van der Waals surface area contributed by atoms with Crippen LogP contribution in [0.5, 0.6) is 0 Å². The number of sulfonamides is 1. The second kappa shape index (κ2) is 19.0. The Morgan fingerprint density at radius 2 is 1.68 bits per heavy atom. The summed E-state index contributed by atoms with van der Waals surface area (Å²) in [5.41, 5.74) is 4.57. The fourth-order valence-corrected chi connectivity index (χ4v) is 9.73. The highest BCUT2D eigenvalue weighted by atomic mass is 35.5. The van der Waals surface area contributed by atoms with Crippen LogP contribution in [0.1, 0.15) is 24.8 Å². The van der Waals surface area contributed by atoms with Crippen LogP contribution in [0.4, 0.5) is 22.9 Å². The number of piperidine rings is 1. The number of halogens is 1. The van der Waals surface area contributed by atoms with E-state index in [1.54, 1.807) is 24.9 Å². The van der Waals surface area contributed by atoms with Crippen molar-refractivity contribution in [1.29, 1.82) is 0 Å². The van der Waals surface area contributed by atoms with Gasteiger partial charge in [0, 0.05) is 65.5 Å². The predicted molar refractivity (Wildman–Crippen MR) is 243 cm³/mol. The molecule has 60 heavy (non-hydrogen) atoms. The fourth-order valence-electron chi connectivity index (χ4n) is 7.56. The molecule has 1 saturated heterocycles. The summed E-state index contributed by atoms with van der Waals surface area (Å²) in [4.78, 5) is 25.7. The molecule has 0 amide bonds. The molecule has 0 unspecified atom stereocenters. The highest BCUT2D eigenvalue weighted by molar-refractivity contribution is 7.99. The average molecular weight is 867 g/mol. The summed E-state index contributed by atoms with van der Waals surface area (Å²) in [5, 5.41) is 16.9. The molecule has 1 aliphatic heterocycles. The highest BCUT2D eigenvalue weighted by Gasteiger charge is 2.36. The average Bonchev–Trinajstić information content (AvgIpc) is 3.25. The van der Waals surface area contributed by atoms with E-state index in [1.807, 2.05) is 86.9 Å². The number of aromatic nitrogens is 2. The van der Waals surface area contributed by atoms with Crippen LogP contribution < -0.4 is 14.9 Å². The molecule has 312 valence electrons. The molecule has 2 heterocycles. The van der Waals surface area contributed by atoms with Crippen molar-refractivity contribution in [3.8, 4) is 11.1 Å². The summed E-state index contributed by atoms with van der Waals surface area (Å²) >= 11 is 7.83. The predicted octanol–water partition coefficient (Wildman–Crippen LogP) is 9.41. The Balaban J connectivity index is 1.04. The van der Waals surface area contributed by atoms with Gasteiger partial charge in [0.1, 0.15) is 12.0 Å². The maximum atomic E-state index is 13.8. The molecule has 1 atom stereocenters. The number of ether oxygens (including phenoxy) is 1. The van der Waals surface area contributed by atoms with E-state index < -0.39 is 14.9 Å². The SMILES string of the molecule is COC1(Cc2ccccc2-c2ccc(Cl)cc2)CCN(c2ccc3c(NS(=O)(=O)c4ccc(N[C@H](CCN(C)C)CSc5ccccc5)c([N+](=O)[O-])c4)ncnc3c2)CC1. The lowest BCUT2D eigenvalue weighted by Crippen LogP contribution is -2.47. The number of fused-ring (bicyclic) bond motifs is 1. The van der Waals surface area contributed by atoms with Crippen LogP contribution in [0, 0.1) is 10.1 Å². The third-order valence-corrected chi connectivity index (χ3v) is 13.7. The van der Waals surface area contributed by atoms with E-state index in [-0.39, 0.29) is 33.7 Å². The maximum Gasteiger partial charge on any atom is 0.293 e. The van der Waals surface area contributed by atoms with Gasteiger partial charge in [-0.1, -0.05) is 66.2 Å². The molecule has 7 rings (SSSR count). The molecular weight excluding hydrogens is 818 g/mol. The number of benzene rings is 5. The smallest absolute Gasteiger partial charge is 0.293 e. The van der Waals surface area contributed by atoms with Crippen LogP contribution in [0.15, 0.2) is 131 Å². The lowest BCUT2D eigenvalue weighted by Gasteiger charge is -2.42. The summed E-state index contributed by atoms with van der Waals surface area (Å²) in [7, 11) is 1.46. The van der Waals surface area contributed by atoms with Crippen molar-refractivity contribution in [2.45, 2.75) is 47.1 Å². The Hall–Kier alpha value is -5.25. The lowest BCUT2D eigenvalue weighted by molar-refractivity contribution is -0.384. The van der Waals surface area contributed by atoms with Gasteiger partial charge in [-0.05, 0) is 111 Å². The maximum absolute atomic E-state index is 13.8. The molecule has 0 saturated carbocycles. The summed E-state index contributed by atoms with van der Waals surface area (Å²) < 4.78 is 36.4. The van der Waals surface area contributed by atoms with Gasteiger partial charge in [-0.3, -0.25) is 14.8 Å². The number of nitrogens with one attached hydrogen (secondary N) is 2. The Morgan fingerprint density at radius 3 is 2.40 bits per heavy atom. The van der Waals surface area contributed by atoms with Crippen molar-refractivity contribution in [2.75, 3.05) is 61.5 Å². The van der Waals surface area contributed by atoms with E-state index in [1.165, 1.54) is 24.0 Å². The minimum absolute atomic E-state index is 0.0782. The number of methoxy groups -OCH3 is 1. The van der Waals surface area contributed by atoms with Crippen molar-refractivity contribution in [3.63, 3.8) is 0 Å². The van der Waals surface area contributed by atoms with Gasteiger partial charge in [0.2, 0.25) is 0 Å². The van der Waals surface area contributed by atoms with Crippen LogP contribution in [-0.2, 0) is 21.2 Å². The van der Waals surface area contributed by atoms with Gasteiger partial charge in [0.25, 0.3) is 15.7 Å². The Bertz CT molecular complexity index is 2540. The van der Waals surface area contributed by atoms with Gasteiger partial charge < -0.3 is 19.9 Å². The Labute approximate surface area is 360 Å². The standard InChI is InChI=1S/C45H48ClN7O5S2/c1-51(2)24-21-35(30-59-37-10-5-4-6-11-37)49-41-20-18-38(28-43(41)53(54)55)60(56,57)50-44-40-19-17-36(27-42(40)47-31-48-44)52-25-22-45(58-3,23-26-52)29-33-9-7-8-12-39(33)32-13-15-34(46)16-14-32/h4-20,27-28,31,35,49H,21-26,29-30H2,1-3H3,(H,47,48,50)/t35-/m1/s1. The fraction of sp³-hybridized carbons (Fsp3) is 0.289. The van der Waals surface area contributed by atoms with Gasteiger partial charge in [0.15, 0.2) is 5.82 Å². The molecule has 6 aromatic rings. The molecule has 0 spiro atoms. The molecule has 1 fully saturated rings. The van der Waals surface area contributed by atoms with Crippen molar-refractivity contribution in [3.05, 3.63) is 142 Å². The van der Waals surface area contributed by atoms with E-state index in [4.69, 9.17) is 16.3 Å². The Morgan fingerprint density at radius 1 is 0.950 bits per heavy atom. The molecule has 0 bridgehead atoms. The quantitative estimate of drug-likeness (QED) is 0.0514. The number of thioether (sulfide) groups is 1. The first-order chi connectivity index (χ1) is 28.9. The van der Waals surface area contributed by atoms with Gasteiger partial charge in [0.05, 0.1) is 20.9 Å². The van der Waals surface area contributed by atoms with Crippen LogP contribution in [0.3, 0.4) is 0 Å². The largest absolute Gasteiger partial charge is 0.378 e. The van der Waals surface area contributed by atoms with Gasteiger partial charge >= 0.3 is 0 Å². The number of anilines is 3. The number of nitro groups is 1. The van der Waals surface area contributed by atoms with E-state index in [9.17, 15) is 18.5 Å². The minimum atomic E-state index is -4.28. The molecule has 15 heteroatoms. The molecule has 0 radical (unpaired) electrons. The number of rotatable bonds is 17. The molecule has 12 nitrogen and oxygen atoms in total. The van der Waals surface area contributed by atoms with Crippen molar-refractivity contribution in [1.82, 2.24) is 14.9 Å². The van der Waals surface area contributed by atoms with Gasteiger partial charge in [-0.25, -0.2) is 18.4 Å². The van der Waals surface area contributed by atoms with E-state index in [0.29, 0.717) is 21.7 Å². The molecule has 2 N–H and O–H groups in total. The summed E-state index contributed by atoms with van der Waals surface area (Å²) in [6.07, 6.45) is 4.40. The van der Waals surface area contributed by atoms with Gasteiger partial charge in [-0.2, -0.15) is 0 Å². The summed E-state index contributed by atoms with van der Waals surface area (Å²) in [6.45, 7) is 2.26. The molecule has 5 aromatic carbocycles. The van der Waals surface area contributed by atoms with Crippen LogP contribution in [0.2, 0.25) is 5.02 Å². The first-order valence-electron chi connectivity index (χ1n) is 19.7. The van der Waals surface area contributed by atoms with Crippen molar-refractivity contribution < 1.29 is 18.1 Å². The zero-order valence-electron chi connectivity index (χ0n) is 33.8. The first-order valence-corrected chi connectivity index (χ1v) is 22.6. The molecule has 1 aromatic heterocycles. The van der Waals surface area contributed by atoms with Crippen molar-refractivity contribution in [2.24, 2.45) is 0 Å². The van der Waals surface area contributed by atoms with Gasteiger partial charge in [-0.15, -0.1) is 11.8 Å². The molecule has 1 aliphatic rings. The minimum Gasteiger partial charge on any atom is -0.378 e. The van der Waals surface area contributed by atoms with E-state index >= 15 is 0 Å². The second-order valence-corrected chi connectivity index (χ2v) is 18.4. The molecule has 0 aliphatic carbocycles. The lowest BCUT2D eigenvalue weighted by atomic mass is 9.82. The highest BCUT2D eigenvalue weighted by Crippen LogP contribution is 2.37.